The molecule has 0 radical (unpaired) electrons. The quantitative estimate of drug-likeness (QED) is 0.631. The number of nitrogens with one attached hydrogen (secondary N) is 2. The number of rotatable bonds is 6. The number of para-hydroxylation sites is 1. The first-order chi connectivity index (χ1) is 11.0. The number of amides is 1. The summed E-state index contributed by atoms with van der Waals surface area (Å²) < 4.78 is 0. The van der Waals surface area contributed by atoms with Crippen molar-refractivity contribution in [3.05, 3.63) is 63.7 Å². The molecule has 2 N–H and O–H groups in total. The van der Waals surface area contributed by atoms with Gasteiger partial charge < -0.3 is 10.6 Å². The Hall–Kier alpha value is -2.89. The minimum atomic E-state index is -0.405. The number of nitro groups is 1. The SMILES string of the molecule is CCc1ccc(NCC(=O)Nc2ccccc2C)cc1[N+](=O)[O-]. The Balaban J connectivity index is 2.00. The third-order valence-electron chi connectivity index (χ3n) is 3.54. The van der Waals surface area contributed by atoms with E-state index in [1.807, 2.05) is 38.1 Å². The number of carbonyl (C=O) groups excluding carboxylic acids is 1. The van der Waals surface area contributed by atoms with E-state index in [1.54, 1.807) is 12.1 Å². The summed E-state index contributed by atoms with van der Waals surface area (Å²) in [6.45, 7) is 3.82. The average molecular weight is 313 g/mol. The van der Waals surface area contributed by atoms with Crippen LogP contribution in [-0.2, 0) is 11.2 Å². The number of anilines is 2. The van der Waals surface area contributed by atoms with Crippen molar-refractivity contribution in [1.29, 1.82) is 0 Å². The molecule has 0 aromatic heterocycles. The molecular formula is C17H19N3O3. The van der Waals surface area contributed by atoms with Gasteiger partial charge in [0.2, 0.25) is 5.91 Å². The second-order valence-electron chi connectivity index (χ2n) is 5.17. The van der Waals surface area contributed by atoms with Crippen LogP contribution in [0.25, 0.3) is 0 Å². The fourth-order valence-corrected chi connectivity index (χ4v) is 2.23. The molecule has 2 rings (SSSR count). The predicted octanol–water partition coefficient (Wildman–Crippen LogP) is 3.52. The summed E-state index contributed by atoms with van der Waals surface area (Å²) in [5.41, 5.74) is 3.02. The van der Waals surface area contributed by atoms with Crippen molar-refractivity contribution in [2.45, 2.75) is 20.3 Å². The van der Waals surface area contributed by atoms with E-state index in [-0.39, 0.29) is 18.1 Å². The Bertz CT molecular complexity index is 729. The lowest BCUT2D eigenvalue weighted by Gasteiger charge is -2.10. The molecule has 120 valence electrons. The topological polar surface area (TPSA) is 84.3 Å². The maximum absolute atomic E-state index is 12.0. The summed E-state index contributed by atoms with van der Waals surface area (Å²) in [6, 6.07) is 12.4. The van der Waals surface area contributed by atoms with Gasteiger partial charge in [0, 0.05) is 23.0 Å². The van der Waals surface area contributed by atoms with Crippen LogP contribution in [0.4, 0.5) is 17.1 Å². The van der Waals surface area contributed by atoms with Gasteiger partial charge >= 0.3 is 0 Å². The molecule has 23 heavy (non-hydrogen) atoms. The lowest BCUT2D eigenvalue weighted by atomic mass is 10.1. The standard InChI is InChI=1S/C17H19N3O3/c1-3-13-8-9-14(10-16(13)20(22)23)18-11-17(21)19-15-7-5-4-6-12(15)2/h4-10,18H,3,11H2,1-2H3,(H,19,21). The van der Waals surface area contributed by atoms with Gasteiger partial charge in [-0.2, -0.15) is 0 Å². The molecule has 0 saturated carbocycles. The minimum absolute atomic E-state index is 0.0387. The number of hydrogen-bond donors (Lipinski definition) is 2. The first-order valence-corrected chi connectivity index (χ1v) is 7.38. The van der Waals surface area contributed by atoms with Gasteiger partial charge in [-0.15, -0.1) is 0 Å². The van der Waals surface area contributed by atoms with Gasteiger partial charge in [0.05, 0.1) is 11.5 Å². The number of nitrogens with zero attached hydrogens (tertiary/aromatic N) is 1. The van der Waals surface area contributed by atoms with E-state index in [2.05, 4.69) is 10.6 Å². The maximum atomic E-state index is 12.0. The van der Waals surface area contributed by atoms with E-state index < -0.39 is 4.92 Å². The largest absolute Gasteiger partial charge is 0.376 e. The van der Waals surface area contributed by atoms with Crippen molar-refractivity contribution < 1.29 is 9.72 Å². The van der Waals surface area contributed by atoms with Gasteiger partial charge in [0.15, 0.2) is 0 Å². The van der Waals surface area contributed by atoms with Crippen LogP contribution >= 0.6 is 0 Å². The highest BCUT2D eigenvalue weighted by Crippen LogP contribution is 2.23. The van der Waals surface area contributed by atoms with Crippen LogP contribution in [0.2, 0.25) is 0 Å². The third-order valence-corrected chi connectivity index (χ3v) is 3.54. The highest BCUT2D eigenvalue weighted by Gasteiger charge is 2.13. The van der Waals surface area contributed by atoms with E-state index in [4.69, 9.17) is 0 Å². The summed E-state index contributed by atoms with van der Waals surface area (Å²) in [5.74, 6) is -0.207. The first kappa shape index (κ1) is 16.5. The molecule has 1 amide bonds. The van der Waals surface area contributed by atoms with E-state index in [0.717, 1.165) is 11.3 Å². The molecule has 0 aliphatic heterocycles. The fraction of sp³-hybridized carbons (Fsp3) is 0.235. The van der Waals surface area contributed by atoms with Crippen molar-refractivity contribution in [2.75, 3.05) is 17.2 Å². The first-order valence-electron chi connectivity index (χ1n) is 7.38. The van der Waals surface area contributed by atoms with Gasteiger partial charge in [-0.05, 0) is 31.0 Å². The number of nitro benzene ring substituents is 1. The molecule has 2 aromatic rings. The van der Waals surface area contributed by atoms with Crippen LogP contribution in [-0.4, -0.2) is 17.4 Å². The van der Waals surface area contributed by atoms with Crippen LogP contribution in [0.15, 0.2) is 42.5 Å². The van der Waals surface area contributed by atoms with Crippen LogP contribution < -0.4 is 10.6 Å². The molecule has 6 nitrogen and oxygen atoms in total. The fourth-order valence-electron chi connectivity index (χ4n) is 2.23. The predicted molar refractivity (Wildman–Crippen MR) is 90.8 cm³/mol. The molecule has 2 aromatic carbocycles. The Kier molecular flexibility index (Phi) is 5.30. The van der Waals surface area contributed by atoms with Crippen LogP contribution in [0, 0.1) is 17.0 Å². The Morgan fingerprint density at radius 1 is 1.22 bits per heavy atom. The van der Waals surface area contributed by atoms with E-state index in [9.17, 15) is 14.9 Å². The zero-order chi connectivity index (χ0) is 16.8. The van der Waals surface area contributed by atoms with Crippen LogP contribution in [0.1, 0.15) is 18.1 Å². The molecule has 0 aliphatic carbocycles. The van der Waals surface area contributed by atoms with Crippen LogP contribution in [0.5, 0.6) is 0 Å². The number of aryl methyl sites for hydroxylation is 2. The minimum Gasteiger partial charge on any atom is -0.376 e. The molecule has 0 heterocycles. The summed E-state index contributed by atoms with van der Waals surface area (Å²) in [5, 5.41) is 16.8. The smallest absolute Gasteiger partial charge is 0.274 e. The van der Waals surface area contributed by atoms with Crippen molar-refractivity contribution in [3.8, 4) is 0 Å². The summed E-state index contributed by atoms with van der Waals surface area (Å²) in [7, 11) is 0. The van der Waals surface area contributed by atoms with Gasteiger partial charge in [0.25, 0.3) is 5.69 Å². The normalized spacial score (nSPS) is 10.2. The molecule has 6 heteroatoms. The highest BCUT2D eigenvalue weighted by molar-refractivity contribution is 5.94. The molecule has 0 bridgehead atoms. The lowest BCUT2D eigenvalue weighted by molar-refractivity contribution is -0.385. The monoisotopic (exact) mass is 313 g/mol. The Labute approximate surface area is 134 Å². The summed E-state index contributed by atoms with van der Waals surface area (Å²) in [4.78, 5) is 22.6. The van der Waals surface area contributed by atoms with Crippen molar-refractivity contribution in [2.24, 2.45) is 0 Å². The lowest BCUT2D eigenvalue weighted by Crippen LogP contribution is -2.22. The molecular weight excluding hydrogens is 294 g/mol. The van der Waals surface area contributed by atoms with Crippen molar-refractivity contribution >= 4 is 23.0 Å². The van der Waals surface area contributed by atoms with E-state index >= 15 is 0 Å². The highest BCUT2D eigenvalue weighted by atomic mass is 16.6. The third kappa shape index (κ3) is 4.29. The Morgan fingerprint density at radius 2 is 1.96 bits per heavy atom. The second-order valence-corrected chi connectivity index (χ2v) is 5.17. The molecule has 0 aliphatic rings. The van der Waals surface area contributed by atoms with Gasteiger partial charge in [-0.25, -0.2) is 0 Å². The maximum Gasteiger partial charge on any atom is 0.274 e. The molecule has 0 spiro atoms. The van der Waals surface area contributed by atoms with Gasteiger partial charge in [-0.3, -0.25) is 14.9 Å². The molecule has 0 unspecified atom stereocenters. The zero-order valence-corrected chi connectivity index (χ0v) is 13.1. The van der Waals surface area contributed by atoms with Crippen molar-refractivity contribution in [3.63, 3.8) is 0 Å². The van der Waals surface area contributed by atoms with Crippen LogP contribution in [0.3, 0.4) is 0 Å². The van der Waals surface area contributed by atoms with E-state index in [1.165, 1.54) is 6.07 Å². The summed E-state index contributed by atoms with van der Waals surface area (Å²) >= 11 is 0. The number of benzene rings is 2. The van der Waals surface area contributed by atoms with Gasteiger partial charge in [0.1, 0.15) is 0 Å². The molecule has 0 fully saturated rings. The van der Waals surface area contributed by atoms with E-state index in [0.29, 0.717) is 17.7 Å². The number of carbonyl (C=O) groups is 1. The average Bonchev–Trinajstić information content (AvgIpc) is 2.54. The van der Waals surface area contributed by atoms with Gasteiger partial charge in [-0.1, -0.05) is 31.2 Å². The molecule has 0 saturated heterocycles. The Morgan fingerprint density at radius 3 is 2.61 bits per heavy atom. The second kappa shape index (κ2) is 7.40. The van der Waals surface area contributed by atoms with Crippen molar-refractivity contribution in [1.82, 2.24) is 0 Å². The summed E-state index contributed by atoms with van der Waals surface area (Å²) in [6.07, 6.45) is 0.588. The number of hydrogen-bond acceptors (Lipinski definition) is 4. The zero-order valence-electron chi connectivity index (χ0n) is 13.1. The molecule has 0 atom stereocenters.